The van der Waals surface area contributed by atoms with Crippen LogP contribution in [0, 0.1) is 13.8 Å². The van der Waals surface area contributed by atoms with Gasteiger partial charge in [-0.1, -0.05) is 30.3 Å². The predicted molar refractivity (Wildman–Crippen MR) is 80.2 cm³/mol. The van der Waals surface area contributed by atoms with Crippen LogP contribution in [0.25, 0.3) is 22.7 Å². The number of hydrogen-bond donors (Lipinski definition) is 0. The highest BCUT2D eigenvalue weighted by Gasteiger charge is 2.22. The highest BCUT2D eigenvalue weighted by atomic mass is 16.3. The van der Waals surface area contributed by atoms with E-state index in [9.17, 15) is 0 Å². The molecule has 0 aliphatic carbocycles. The largest absolute Gasteiger partial charge is 0.406 e. The van der Waals surface area contributed by atoms with Crippen LogP contribution in [-0.4, -0.2) is 0 Å². The normalized spacial score (nSPS) is 10.8. The summed E-state index contributed by atoms with van der Waals surface area (Å²) in [5.41, 5.74) is 6.00. The second-order valence-electron chi connectivity index (χ2n) is 5.10. The Morgan fingerprint density at radius 1 is 0.900 bits per heavy atom. The Labute approximate surface area is 119 Å². The van der Waals surface area contributed by atoms with Crippen molar-refractivity contribution in [1.29, 1.82) is 0 Å². The molecule has 0 amide bonds. The van der Waals surface area contributed by atoms with Gasteiger partial charge < -0.3 is 4.42 Å². The molecule has 0 bridgehead atoms. The lowest BCUT2D eigenvalue weighted by atomic mass is 10.0. The van der Waals surface area contributed by atoms with E-state index in [1.807, 2.05) is 31.5 Å². The van der Waals surface area contributed by atoms with Crippen LogP contribution in [0.15, 0.2) is 59.2 Å². The smallest absolute Gasteiger partial charge is 0.380 e. The highest BCUT2D eigenvalue weighted by Crippen LogP contribution is 2.26. The monoisotopic (exact) mass is 264 g/mol. The first kappa shape index (κ1) is 12.7. The number of benzene rings is 2. The second kappa shape index (κ2) is 4.97. The number of aromatic nitrogens is 1. The van der Waals surface area contributed by atoms with Gasteiger partial charge in [0.15, 0.2) is 6.26 Å². The topological polar surface area (TPSA) is 17.0 Å². The summed E-state index contributed by atoms with van der Waals surface area (Å²) >= 11 is 0. The van der Waals surface area contributed by atoms with Gasteiger partial charge in [-0.2, -0.15) is 4.57 Å². The number of hydrogen-bond acceptors (Lipinski definition) is 1. The Kier molecular flexibility index (Phi) is 3.15. The molecule has 2 nitrogen and oxygen atoms in total. The van der Waals surface area contributed by atoms with Crippen molar-refractivity contribution in [1.82, 2.24) is 0 Å². The summed E-state index contributed by atoms with van der Waals surface area (Å²) in [4.78, 5) is 0. The van der Waals surface area contributed by atoms with Crippen molar-refractivity contribution in [2.24, 2.45) is 7.05 Å². The van der Waals surface area contributed by atoms with Crippen molar-refractivity contribution in [2.75, 3.05) is 0 Å². The van der Waals surface area contributed by atoms with E-state index < -0.39 is 0 Å². The number of rotatable bonds is 2. The van der Waals surface area contributed by atoms with Gasteiger partial charge in [0, 0.05) is 0 Å². The summed E-state index contributed by atoms with van der Waals surface area (Å²) in [6, 6.07) is 16.5. The van der Waals surface area contributed by atoms with E-state index in [0.29, 0.717) is 0 Å². The first-order chi connectivity index (χ1) is 9.68. The Bertz CT molecular complexity index is 741. The molecule has 0 saturated heterocycles. The third-order valence-corrected chi connectivity index (χ3v) is 3.85. The third-order valence-electron chi connectivity index (χ3n) is 3.85. The van der Waals surface area contributed by atoms with Crippen LogP contribution < -0.4 is 4.57 Å². The van der Waals surface area contributed by atoms with Crippen LogP contribution in [-0.2, 0) is 7.05 Å². The summed E-state index contributed by atoms with van der Waals surface area (Å²) in [6.45, 7) is 4.29. The zero-order valence-electron chi connectivity index (χ0n) is 12.1. The number of aryl methyl sites for hydroxylation is 1. The fraction of sp³-hybridized carbons (Fsp3) is 0.167. The molecule has 1 heterocycles. The fourth-order valence-corrected chi connectivity index (χ4v) is 2.49. The van der Waals surface area contributed by atoms with Gasteiger partial charge in [-0.05, 0) is 43.2 Å². The first-order valence-corrected chi connectivity index (χ1v) is 6.78. The van der Waals surface area contributed by atoms with E-state index in [2.05, 4.69) is 48.7 Å². The van der Waals surface area contributed by atoms with Crippen molar-refractivity contribution in [3.63, 3.8) is 0 Å². The molecule has 3 aromatic rings. The summed E-state index contributed by atoms with van der Waals surface area (Å²) < 4.78 is 7.90. The predicted octanol–water partition coefficient (Wildman–Crippen LogP) is 4.05. The first-order valence-electron chi connectivity index (χ1n) is 6.78. The molecule has 3 rings (SSSR count). The molecule has 2 aromatic carbocycles. The van der Waals surface area contributed by atoms with E-state index in [1.54, 1.807) is 0 Å². The number of nitrogens with zero attached hydrogens (tertiary/aromatic N) is 1. The second-order valence-corrected chi connectivity index (χ2v) is 5.10. The van der Waals surface area contributed by atoms with Crippen molar-refractivity contribution >= 4 is 0 Å². The molecule has 0 atom stereocenters. The van der Waals surface area contributed by atoms with Gasteiger partial charge in [-0.15, -0.1) is 0 Å². The van der Waals surface area contributed by atoms with E-state index in [4.69, 9.17) is 4.42 Å². The van der Waals surface area contributed by atoms with Crippen molar-refractivity contribution in [2.45, 2.75) is 13.8 Å². The minimum Gasteiger partial charge on any atom is -0.406 e. The standard InChI is InChI=1S/C18H18NO/c1-13-8-7-11-16(14(13)2)17-12-20-18(19(17)3)15-9-5-4-6-10-15/h4-12H,1-3H3/q+1. The van der Waals surface area contributed by atoms with Gasteiger partial charge in [0.1, 0.15) is 7.05 Å². The zero-order valence-corrected chi connectivity index (χ0v) is 12.1. The average molecular weight is 264 g/mol. The Balaban J connectivity index is 2.14. The van der Waals surface area contributed by atoms with E-state index in [0.717, 1.165) is 17.1 Å². The summed E-state index contributed by atoms with van der Waals surface area (Å²) in [7, 11) is 2.04. The van der Waals surface area contributed by atoms with Crippen molar-refractivity contribution < 1.29 is 8.98 Å². The average Bonchev–Trinajstić information content (AvgIpc) is 2.85. The Morgan fingerprint density at radius 2 is 1.65 bits per heavy atom. The van der Waals surface area contributed by atoms with Gasteiger partial charge in [-0.3, -0.25) is 0 Å². The maximum absolute atomic E-state index is 5.79. The summed E-state index contributed by atoms with van der Waals surface area (Å²) in [5, 5.41) is 0. The number of oxazole rings is 1. The third kappa shape index (κ3) is 2.03. The van der Waals surface area contributed by atoms with Crippen LogP contribution in [0.1, 0.15) is 11.1 Å². The van der Waals surface area contributed by atoms with Gasteiger partial charge in [0.05, 0.1) is 11.1 Å². The van der Waals surface area contributed by atoms with Gasteiger partial charge in [0.2, 0.25) is 0 Å². The molecule has 0 aliphatic heterocycles. The maximum Gasteiger partial charge on any atom is 0.380 e. The molecule has 0 spiro atoms. The van der Waals surface area contributed by atoms with Crippen LogP contribution in [0.3, 0.4) is 0 Å². The molecule has 1 aromatic heterocycles. The van der Waals surface area contributed by atoms with E-state index in [-0.39, 0.29) is 0 Å². The summed E-state index contributed by atoms with van der Waals surface area (Å²) in [6.07, 6.45) is 1.84. The Hall–Kier alpha value is -2.35. The van der Waals surface area contributed by atoms with Crippen LogP contribution in [0.5, 0.6) is 0 Å². The molecule has 0 saturated carbocycles. The lowest BCUT2D eigenvalue weighted by Gasteiger charge is -2.03. The van der Waals surface area contributed by atoms with Crippen LogP contribution in [0.2, 0.25) is 0 Å². The highest BCUT2D eigenvalue weighted by molar-refractivity contribution is 5.63. The van der Waals surface area contributed by atoms with E-state index >= 15 is 0 Å². The molecule has 100 valence electrons. The van der Waals surface area contributed by atoms with Gasteiger partial charge in [0.25, 0.3) is 5.69 Å². The van der Waals surface area contributed by atoms with Gasteiger partial charge >= 0.3 is 5.89 Å². The molecule has 0 N–H and O–H groups in total. The van der Waals surface area contributed by atoms with Crippen molar-refractivity contribution in [3.05, 3.63) is 65.9 Å². The molecule has 0 unspecified atom stereocenters. The SMILES string of the molecule is Cc1cccc(-c2coc(-c3ccccc3)[n+]2C)c1C. The lowest BCUT2D eigenvalue weighted by Crippen LogP contribution is -2.30. The molecule has 20 heavy (non-hydrogen) atoms. The van der Waals surface area contributed by atoms with E-state index in [1.165, 1.54) is 16.7 Å². The minimum atomic E-state index is 0.876. The van der Waals surface area contributed by atoms with Crippen molar-refractivity contribution in [3.8, 4) is 22.7 Å². The fourth-order valence-electron chi connectivity index (χ4n) is 2.49. The summed E-state index contributed by atoms with van der Waals surface area (Å²) in [5.74, 6) is 0.876. The molecule has 0 aliphatic rings. The Morgan fingerprint density at radius 3 is 2.40 bits per heavy atom. The lowest BCUT2D eigenvalue weighted by molar-refractivity contribution is -0.651. The zero-order chi connectivity index (χ0) is 14.1. The molecule has 2 heteroatoms. The maximum atomic E-state index is 5.79. The van der Waals surface area contributed by atoms with Crippen LogP contribution >= 0.6 is 0 Å². The minimum absolute atomic E-state index is 0.876. The molecule has 0 fully saturated rings. The molecule has 0 radical (unpaired) electrons. The molecular formula is C18H18NO+. The molecular weight excluding hydrogens is 246 g/mol. The van der Waals surface area contributed by atoms with Gasteiger partial charge in [-0.25, -0.2) is 0 Å². The van der Waals surface area contributed by atoms with Crippen LogP contribution in [0.4, 0.5) is 0 Å². The quantitative estimate of drug-likeness (QED) is 0.638.